The van der Waals surface area contributed by atoms with E-state index in [-0.39, 0.29) is 18.2 Å². The zero-order valence-electron chi connectivity index (χ0n) is 12.3. The van der Waals surface area contributed by atoms with Crippen LogP contribution in [0.25, 0.3) is 0 Å². The van der Waals surface area contributed by atoms with Crippen molar-refractivity contribution >= 4 is 11.9 Å². The summed E-state index contributed by atoms with van der Waals surface area (Å²) in [5, 5.41) is 15.5. The molecule has 1 aromatic heterocycles. The Kier molecular flexibility index (Phi) is 5.24. The second kappa shape index (κ2) is 7.35. The van der Waals surface area contributed by atoms with Gasteiger partial charge in [-0.2, -0.15) is 5.10 Å². The van der Waals surface area contributed by atoms with Gasteiger partial charge in [-0.3, -0.25) is 9.59 Å². The van der Waals surface area contributed by atoms with Crippen molar-refractivity contribution in [1.29, 1.82) is 0 Å². The Balaban J connectivity index is 2.01. The van der Waals surface area contributed by atoms with Gasteiger partial charge in [-0.1, -0.05) is 25.1 Å². The lowest BCUT2D eigenvalue weighted by Gasteiger charge is -2.13. The third kappa shape index (κ3) is 4.41. The van der Waals surface area contributed by atoms with Gasteiger partial charge < -0.3 is 10.4 Å². The van der Waals surface area contributed by atoms with Crippen LogP contribution in [0.15, 0.2) is 36.9 Å². The van der Waals surface area contributed by atoms with Crippen molar-refractivity contribution < 1.29 is 14.7 Å². The van der Waals surface area contributed by atoms with Gasteiger partial charge in [-0.25, -0.2) is 9.67 Å². The first-order chi connectivity index (χ1) is 10.6. The first-order valence-electron chi connectivity index (χ1n) is 6.96. The normalized spacial score (nSPS) is 11.9. The average molecular weight is 302 g/mol. The maximum absolute atomic E-state index is 12.3. The summed E-state index contributed by atoms with van der Waals surface area (Å²) in [5.41, 5.74) is 1.39. The summed E-state index contributed by atoms with van der Waals surface area (Å²) >= 11 is 0. The van der Waals surface area contributed by atoms with Crippen LogP contribution in [0.2, 0.25) is 0 Å². The Morgan fingerprint density at radius 3 is 2.82 bits per heavy atom. The Labute approximate surface area is 128 Å². The molecular weight excluding hydrogens is 284 g/mol. The topological polar surface area (TPSA) is 97.1 Å². The predicted octanol–water partition coefficient (Wildman–Crippen LogP) is 1.17. The molecule has 1 amide bonds. The number of nitrogens with zero attached hydrogens (tertiary/aromatic N) is 3. The number of benzene rings is 1. The molecule has 22 heavy (non-hydrogen) atoms. The number of rotatable bonds is 7. The molecule has 0 saturated carbocycles. The average Bonchev–Trinajstić information content (AvgIpc) is 2.97. The number of carboxylic acid groups (broad SMARTS) is 1. The van der Waals surface area contributed by atoms with Gasteiger partial charge in [0.1, 0.15) is 12.7 Å². The molecule has 2 aromatic rings. The van der Waals surface area contributed by atoms with Crippen molar-refractivity contribution in [2.75, 3.05) is 6.54 Å². The first kappa shape index (κ1) is 15.7. The Hall–Kier alpha value is -2.70. The number of carbonyl (C=O) groups is 2. The highest BCUT2D eigenvalue weighted by Crippen LogP contribution is 2.10. The van der Waals surface area contributed by atoms with E-state index >= 15 is 0 Å². The lowest BCUT2D eigenvalue weighted by Crippen LogP contribution is -2.30. The zero-order valence-corrected chi connectivity index (χ0v) is 12.3. The minimum absolute atomic E-state index is 0.0287. The van der Waals surface area contributed by atoms with Crippen molar-refractivity contribution in [1.82, 2.24) is 20.1 Å². The predicted molar refractivity (Wildman–Crippen MR) is 79.3 cm³/mol. The highest BCUT2D eigenvalue weighted by molar-refractivity contribution is 5.95. The summed E-state index contributed by atoms with van der Waals surface area (Å²) < 4.78 is 1.64. The van der Waals surface area contributed by atoms with E-state index in [4.69, 9.17) is 5.11 Å². The highest BCUT2D eigenvalue weighted by Gasteiger charge is 2.13. The van der Waals surface area contributed by atoms with Gasteiger partial charge in [-0.05, 0) is 17.5 Å². The van der Waals surface area contributed by atoms with E-state index in [0.29, 0.717) is 18.7 Å². The van der Waals surface area contributed by atoms with E-state index in [2.05, 4.69) is 15.4 Å². The minimum Gasteiger partial charge on any atom is -0.481 e. The molecular formula is C15H18N4O3. The molecule has 0 aliphatic rings. The number of aromatic nitrogens is 3. The van der Waals surface area contributed by atoms with Gasteiger partial charge in [0.15, 0.2) is 0 Å². The summed E-state index contributed by atoms with van der Waals surface area (Å²) in [4.78, 5) is 26.8. The molecule has 0 fully saturated rings. The van der Waals surface area contributed by atoms with E-state index in [1.54, 1.807) is 30.1 Å². The molecule has 116 valence electrons. The molecule has 0 saturated heterocycles. The van der Waals surface area contributed by atoms with Gasteiger partial charge >= 0.3 is 5.97 Å². The van der Waals surface area contributed by atoms with Gasteiger partial charge in [0.05, 0.1) is 6.54 Å². The SMILES string of the molecule is CC(CNC(=O)c1ccccc1Cn1cncn1)CC(=O)O. The number of aliphatic carboxylic acids is 1. The quantitative estimate of drug-likeness (QED) is 0.800. The van der Waals surface area contributed by atoms with Crippen molar-refractivity contribution in [3.8, 4) is 0 Å². The number of carbonyl (C=O) groups excluding carboxylic acids is 1. The summed E-state index contributed by atoms with van der Waals surface area (Å²) in [6.07, 6.45) is 3.06. The van der Waals surface area contributed by atoms with Crippen LogP contribution in [0.3, 0.4) is 0 Å². The molecule has 7 nitrogen and oxygen atoms in total. The first-order valence-corrected chi connectivity index (χ1v) is 6.96. The van der Waals surface area contributed by atoms with E-state index in [9.17, 15) is 9.59 Å². The monoisotopic (exact) mass is 302 g/mol. The Morgan fingerprint density at radius 1 is 1.36 bits per heavy atom. The number of amides is 1. The van der Waals surface area contributed by atoms with Crippen molar-refractivity contribution in [3.63, 3.8) is 0 Å². The van der Waals surface area contributed by atoms with Gasteiger partial charge in [0.2, 0.25) is 0 Å². The summed E-state index contributed by atoms with van der Waals surface area (Å²) in [6, 6.07) is 7.25. The third-order valence-electron chi connectivity index (χ3n) is 3.20. The van der Waals surface area contributed by atoms with E-state index in [1.165, 1.54) is 6.33 Å². The molecule has 1 aromatic carbocycles. The molecule has 2 N–H and O–H groups in total. The summed E-state index contributed by atoms with van der Waals surface area (Å²) in [7, 11) is 0. The number of nitrogens with one attached hydrogen (secondary N) is 1. The van der Waals surface area contributed by atoms with Crippen LogP contribution in [-0.4, -0.2) is 38.3 Å². The summed E-state index contributed by atoms with van der Waals surface area (Å²) in [6.45, 7) is 2.56. The fraction of sp³-hybridized carbons (Fsp3) is 0.333. The molecule has 1 heterocycles. The molecule has 0 aliphatic heterocycles. The number of hydrogen-bond donors (Lipinski definition) is 2. The second-order valence-corrected chi connectivity index (χ2v) is 5.16. The lowest BCUT2D eigenvalue weighted by atomic mass is 10.1. The molecule has 0 bridgehead atoms. The molecule has 0 radical (unpaired) electrons. The van der Waals surface area contributed by atoms with Crippen LogP contribution in [0.5, 0.6) is 0 Å². The largest absolute Gasteiger partial charge is 0.481 e. The van der Waals surface area contributed by atoms with E-state index < -0.39 is 5.97 Å². The Morgan fingerprint density at radius 2 is 2.14 bits per heavy atom. The molecule has 0 aliphatic carbocycles. The zero-order chi connectivity index (χ0) is 15.9. The van der Waals surface area contributed by atoms with Crippen LogP contribution in [0, 0.1) is 5.92 Å². The number of hydrogen-bond acceptors (Lipinski definition) is 4. The van der Waals surface area contributed by atoms with Crippen LogP contribution in [-0.2, 0) is 11.3 Å². The highest BCUT2D eigenvalue weighted by atomic mass is 16.4. The van der Waals surface area contributed by atoms with Gasteiger partial charge in [0, 0.05) is 18.5 Å². The molecule has 1 atom stereocenters. The maximum atomic E-state index is 12.3. The smallest absolute Gasteiger partial charge is 0.303 e. The van der Waals surface area contributed by atoms with Gasteiger partial charge in [-0.15, -0.1) is 0 Å². The van der Waals surface area contributed by atoms with Gasteiger partial charge in [0.25, 0.3) is 5.91 Å². The number of carboxylic acids is 1. The maximum Gasteiger partial charge on any atom is 0.303 e. The minimum atomic E-state index is -0.867. The van der Waals surface area contributed by atoms with Crippen molar-refractivity contribution in [2.24, 2.45) is 5.92 Å². The van der Waals surface area contributed by atoms with Crippen molar-refractivity contribution in [2.45, 2.75) is 19.9 Å². The fourth-order valence-electron chi connectivity index (χ4n) is 2.10. The van der Waals surface area contributed by atoms with E-state index in [1.807, 2.05) is 12.1 Å². The molecule has 0 spiro atoms. The Bertz CT molecular complexity index is 640. The van der Waals surface area contributed by atoms with Crippen molar-refractivity contribution in [3.05, 3.63) is 48.0 Å². The van der Waals surface area contributed by atoms with Crippen LogP contribution in [0.4, 0.5) is 0 Å². The van der Waals surface area contributed by atoms with E-state index in [0.717, 1.165) is 5.56 Å². The lowest BCUT2D eigenvalue weighted by molar-refractivity contribution is -0.137. The van der Waals surface area contributed by atoms with Crippen LogP contribution >= 0.6 is 0 Å². The van der Waals surface area contributed by atoms with Crippen LogP contribution < -0.4 is 5.32 Å². The summed E-state index contributed by atoms with van der Waals surface area (Å²) in [5.74, 6) is -1.20. The fourth-order valence-corrected chi connectivity index (χ4v) is 2.10. The van der Waals surface area contributed by atoms with Crippen LogP contribution in [0.1, 0.15) is 29.3 Å². The molecule has 2 rings (SSSR count). The molecule has 7 heteroatoms. The second-order valence-electron chi connectivity index (χ2n) is 5.16. The molecule has 1 unspecified atom stereocenters. The standard InChI is InChI=1S/C15H18N4O3/c1-11(6-14(20)21)7-17-15(22)13-5-3-2-4-12(13)8-19-10-16-9-18-19/h2-5,9-11H,6-8H2,1H3,(H,17,22)(H,20,21). The third-order valence-corrected chi connectivity index (χ3v) is 3.20.